The van der Waals surface area contributed by atoms with Gasteiger partial charge >= 0.3 is 0 Å². The minimum absolute atomic E-state index is 0.183. The first kappa shape index (κ1) is 14.4. The van der Waals surface area contributed by atoms with E-state index in [0.29, 0.717) is 6.54 Å². The van der Waals surface area contributed by atoms with E-state index in [-0.39, 0.29) is 5.91 Å². The Balaban J connectivity index is 1.73. The van der Waals surface area contributed by atoms with Crippen LogP contribution in [0.5, 0.6) is 5.75 Å². The molecular weight excluding hydrogens is 268 g/mol. The summed E-state index contributed by atoms with van der Waals surface area (Å²) in [6.07, 6.45) is 2.02. The first-order valence-corrected chi connectivity index (χ1v) is 7.55. The number of hydrogen-bond acceptors (Lipinski definition) is 4. The van der Waals surface area contributed by atoms with Crippen molar-refractivity contribution >= 4 is 11.6 Å². The van der Waals surface area contributed by atoms with Crippen molar-refractivity contribution < 1.29 is 14.3 Å². The van der Waals surface area contributed by atoms with Gasteiger partial charge in [-0.1, -0.05) is 0 Å². The Morgan fingerprint density at radius 2 is 2.10 bits per heavy atom. The van der Waals surface area contributed by atoms with E-state index in [1.165, 1.54) is 5.56 Å². The zero-order valence-electron chi connectivity index (χ0n) is 12.5. The molecule has 0 atom stereocenters. The van der Waals surface area contributed by atoms with E-state index in [9.17, 15) is 4.79 Å². The predicted octanol–water partition coefficient (Wildman–Crippen LogP) is 1.31. The van der Waals surface area contributed by atoms with Crippen LogP contribution in [0, 0.1) is 0 Å². The summed E-state index contributed by atoms with van der Waals surface area (Å²) < 4.78 is 10.6. The number of ether oxygens (including phenoxy) is 2. The third-order valence-corrected chi connectivity index (χ3v) is 4.17. The number of benzene rings is 1. The fourth-order valence-electron chi connectivity index (χ4n) is 3.00. The zero-order chi connectivity index (χ0) is 14.7. The van der Waals surface area contributed by atoms with Gasteiger partial charge in [0.2, 0.25) is 5.91 Å². The van der Waals surface area contributed by atoms with Crippen LogP contribution >= 0.6 is 0 Å². The lowest BCUT2D eigenvalue weighted by molar-refractivity contribution is -0.120. The van der Waals surface area contributed by atoms with Crippen molar-refractivity contribution in [1.29, 1.82) is 0 Å². The molecule has 2 aliphatic heterocycles. The molecule has 0 radical (unpaired) electrons. The maximum absolute atomic E-state index is 12.6. The summed E-state index contributed by atoms with van der Waals surface area (Å²) in [5.41, 5.74) is 2.25. The second-order valence-corrected chi connectivity index (χ2v) is 5.53. The van der Waals surface area contributed by atoms with Crippen molar-refractivity contribution in [2.24, 2.45) is 0 Å². The highest BCUT2D eigenvalue weighted by atomic mass is 16.5. The Bertz CT molecular complexity index is 512. The fourth-order valence-corrected chi connectivity index (χ4v) is 3.00. The van der Waals surface area contributed by atoms with E-state index < -0.39 is 0 Å². The lowest BCUT2D eigenvalue weighted by Crippen LogP contribution is -2.46. The van der Waals surface area contributed by atoms with Gasteiger partial charge in [-0.3, -0.25) is 9.69 Å². The molecule has 5 nitrogen and oxygen atoms in total. The number of carbonyl (C=O) groups is 1. The molecule has 0 unspecified atom stereocenters. The molecule has 1 aromatic rings. The largest absolute Gasteiger partial charge is 0.497 e. The first-order valence-electron chi connectivity index (χ1n) is 7.55. The molecule has 0 spiro atoms. The lowest BCUT2D eigenvalue weighted by Gasteiger charge is -2.33. The van der Waals surface area contributed by atoms with E-state index in [1.807, 2.05) is 23.1 Å². The minimum atomic E-state index is 0.183. The lowest BCUT2D eigenvalue weighted by atomic mass is 10.0. The van der Waals surface area contributed by atoms with Gasteiger partial charge < -0.3 is 14.4 Å². The van der Waals surface area contributed by atoms with Crippen molar-refractivity contribution in [3.63, 3.8) is 0 Å². The summed E-state index contributed by atoms with van der Waals surface area (Å²) in [5, 5.41) is 0. The molecular formula is C16H22N2O3. The van der Waals surface area contributed by atoms with E-state index in [0.717, 1.165) is 57.1 Å². The van der Waals surface area contributed by atoms with Crippen LogP contribution < -0.4 is 9.64 Å². The third-order valence-electron chi connectivity index (χ3n) is 4.17. The van der Waals surface area contributed by atoms with E-state index >= 15 is 0 Å². The summed E-state index contributed by atoms with van der Waals surface area (Å²) in [5.74, 6) is 1.04. The quantitative estimate of drug-likeness (QED) is 0.841. The molecule has 0 bridgehead atoms. The molecule has 3 rings (SSSR count). The molecule has 2 aliphatic rings. The Kier molecular flexibility index (Phi) is 4.41. The van der Waals surface area contributed by atoms with Crippen molar-refractivity contribution in [2.75, 3.05) is 51.4 Å². The zero-order valence-corrected chi connectivity index (χ0v) is 12.5. The number of methoxy groups -OCH3 is 1. The highest BCUT2D eigenvalue weighted by Gasteiger charge is 2.25. The van der Waals surface area contributed by atoms with E-state index in [1.54, 1.807) is 7.11 Å². The number of fused-ring (bicyclic) bond motifs is 1. The minimum Gasteiger partial charge on any atom is -0.497 e. The van der Waals surface area contributed by atoms with Crippen molar-refractivity contribution in [3.05, 3.63) is 23.8 Å². The topological polar surface area (TPSA) is 42.0 Å². The number of nitrogens with zero attached hydrogens (tertiary/aromatic N) is 2. The average Bonchev–Trinajstić information content (AvgIpc) is 2.54. The Hall–Kier alpha value is -1.59. The average molecular weight is 290 g/mol. The summed E-state index contributed by atoms with van der Waals surface area (Å²) in [7, 11) is 1.67. The van der Waals surface area contributed by atoms with Crippen molar-refractivity contribution in [3.8, 4) is 5.75 Å². The standard InChI is InChI=1S/C16H22N2O3/c1-20-14-4-5-15-13(11-14)3-2-6-18(15)16(19)12-17-7-9-21-10-8-17/h4-5,11H,2-3,6-10,12H2,1H3. The monoisotopic (exact) mass is 290 g/mol. The van der Waals surface area contributed by atoms with Crippen LogP contribution in [0.3, 0.4) is 0 Å². The number of morpholine rings is 1. The Morgan fingerprint density at radius 3 is 2.86 bits per heavy atom. The number of aryl methyl sites for hydroxylation is 1. The maximum Gasteiger partial charge on any atom is 0.241 e. The maximum atomic E-state index is 12.6. The van der Waals surface area contributed by atoms with E-state index in [4.69, 9.17) is 9.47 Å². The predicted molar refractivity (Wildman–Crippen MR) is 80.9 cm³/mol. The normalized spacial score (nSPS) is 19.2. The molecule has 21 heavy (non-hydrogen) atoms. The SMILES string of the molecule is COc1ccc2c(c1)CCCN2C(=O)CN1CCOCC1. The van der Waals surface area contributed by atoms with Gasteiger partial charge in [-0.05, 0) is 36.6 Å². The molecule has 0 aromatic heterocycles. The molecule has 1 amide bonds. The number of amides is 1. The summed E-state index contributed by atoms with van der Waals surface area (Å²) >= 11 is 0. The summed E-state index contributed by atoms with van der Waals surface area (Å²) in [6.45, 7) is 4.42. The molecule has 0 saturated carbocycles. The summed E-state index contributed by atoms with van der Waals surface area (Å²) in [6, 6.07) is 5.98. The number of rotatable bonds is 3. The van der Waals surface area contributed by atoms with Gasteiger partial charge in [-0.25, -0.2) is 0 Å². The summed E-state index contributed by atoms with van der Waals surface area (Å²) in [4.78, 5) is 16.7. The number of hydrogen-bond donors (Lipinski definition) is 0. The first-order chi connectivity index (χ1) is 10.3. The molecule has 114 valence electrons. The van der Waals surface area contributed by atoms with Crippen LogP contribution in [-0.4, -0.2) is 57.3 Å². The van der Waals surface area contributed by atoms with Crippen LogP contribution in [0.15, 0.2) is 18.2 Å². The molecule has 1 saturated heterocycles. The van der Waals surface area contributed by atoms with Gasteiger partial charge in [0.15, 0.2) is 0 Å². The number of carbonyl (C=O) groups excluding carboxylic acids is 1. The Labute approximate surface area is 125 Å². The van der Waals surface area contributed by atoms with Crippen LogP contribution in [0.2, 0.25) is 0 Å². The van der Waals surface area contributed by atoms with Crippen LogP contribution in [-0.2, 0) is 16.0 Å². The van der Waals surface area contributed by atoms with Crippen LogP contribution in [0.4, 0.5) is 5.69 Å². The molecule has 5 heteroatoms. The van der Waals surface area contributed by atoms with E-state index in [2.05, 4.69) is 4.90 Å². The van der Waals surface area contributed by atoms with Gasteiger partial charge in [0.25, 0.3) is 0 Å². The van der Waals surface area contributed by atoms with Crippen molar-refractivity contribution in [2.45, 2.75) is 12.8 Å². The highest BCUT2D eigenvalue weighted by Crippen LogP contribution is 2.30. The van der Waals surface area contributed by atoms with Gasteiger partial charge in [0, 0.05) is 25.3 Å². The fraction of sp³-hybridized carbons (Fsp3) is 0.562. The molecule has 2 heterocycles. The smallest absolute Gasteiger partial charge is 0.241 e. The molecule has 0 N–H and O–H groups in total. The second-order valence-electron chi connectivity index (χ2n) is 5.53. The van der Waals surface area contributed by atoms with Crippen molar-refractivity contribution in [1.82, 2.24) is 4.90 Å². The highest BCUT2D eigenvalue weighted by molar-refractivity contribution is 5.96. The molecule has 0 aliphatic carbocycles. The van der Waals surface area contributed by atoms with Gasteiger partial charge in [-0.15, -0.1) is 0 Å². The molecule has 1 aromatic carbocycles. The molecule has 1 fully saturated rings. The van der Waals surface area contributed by atoms with Gasteiger partial charge in [0.05, 0.1) is 26.9 Å². The third kappa shape index (κ3) is 3.19. The van der Waals surface area contributed by atoms with Gasteiger partial charge in [-0.2, -0.15) is 0 Å². The Morgan fingerprint density at radius 1 is 1.29 bits per heavy atom. The van der Waals surface area contributed by atoms with Gasteiger partial charge in [0.1, 0.15) is 5.75 Å². The second kappa shape index (κ2) is 6.45. The van der Waals surface area contributed by atoms with Crippen LogP contribution in [0.25, 0.3) is 0 Å². The van der Waals surface area contributed by atoms with Crippen LogP contribution in [0.1, 0.15) is 12.0 Å². The number of anilines is 1.